The van der Waals surface area contributed by atoms with E-state index in [4.69, 9.17) is 16.3 Å². The number of fused-ring (bicyclic) bond motifs is 3. The highest BCUT2D eigenvalue weighted by molar-refractivity contribution is 6.32. The third-order valence-corrected chi connectivity index (χ3v) is 8.31. The number of carbonyl (C=O) groups is 2. The molecule has 3 aromatic heterocycles. The summed E-state index contributed by atoms with van der Waals surface area (Å²) in [6, 6.07) is 5.14. The van der Waals surface area contributed by atoms with Crippen LogP contribution in [0.5, 0.6) is 0 Å². The van der Waals surface area contributed by atoms with Crippen molar-refractivity contribution < 1.29 is 18.7 Å². The molecule has 3 fully saturated rings. The zero-order chi connectivity index (χ0) is 26.3. The number of ether oxygens (including phenoxy) is 1. The molecule has 3 atom stereocenters. The van der Waals surface area contributed by atoms with Gasteiger partial charge in [-0.15, -0.1) is 17.5 Å². The van der Waals surface area contributed by atoms with E-state index < -0.39 is 5.95 Å². The van der Waals surface area contributed by atoms with E-state index in [0.717, 1.165) is 12.1 Å². The van der Waals surface area contributed by atoms with Gasteiger partial charge in [0.2, 0.25) is 17.8 Å². The summed E-state index contributed by atoms with van der Waals surface area (Å²) in [5.41, 5.74) is 2.80. The molecule has 1 saturated carbocycles. The van der Waals surface area contributed by atoms with Crippen LogP contribution < -0.4 is 5.32 Å². The fourth-order valence-electron chi connectivity index (χ4n) is 6.11. The van der Waals surface area contributed by atoms with Gasteiger partial charge in [-0.2, -0.15) is 9.49 Å². The Balaban J connectivity index is 0.00000277. The highest BCUT2D eigenvalue weighted by Gasteiger charge is 2.72. The number of hydrogen-bond acceptors (Lipinski definition) is 7. The van der Waals surface area contributed by atoms with E-state index >= 15 is 0 Å². The quantitative estimate of drug-likeness (QED) is 0.365. The first kappa shape index (κ1) is 26.1. The minimum absolute atomic E-state index is 0. The minimum Gasteiger partial charge on any atom is -0.374 e. The Labute approximate surface area is 233 Å². The zero-order valence-corrected chi connectivity index (χ0v) is 22.8. The van der Waals surface area contributed by atoms with Crippen molar-refractivity contribution >= 4 is 52.2 Å². The molecule has 1 N–H and O–H groups in total. The number of piperidine rings is 1. The molecule has 2 saturated heterocycles. The largest absolute Gasteiger partial charge is 0.374 e. The molecule has 7 rings (SSSR count). The lowest BCUT2D eigenvalue weighted by Crippen LogP contribution is -2.40. The molecular weight excluding hydrogens is 548 g/mol. The van der Waals surface area contributed by atoms with Crippen molar-refractivity contribution in [2.75, 3.05) is 19.7 Å². The molecular formula is C26H26Cl2FN7O3. The van der Waals surface area contributed by atoms with Crippen molar-refractivity contribution in [1.29, 1.82) is 0 Å². The molecule has 5 heterocycles. The number of halogens is 3. The molecule has 2 aliphatic heterocycles. The first-order chi connectivity index (χ1) is 18.2. The summed E-state index contributed by atoms with van der Waals surface area (Å²) in [5.74, 6) is -1.34. The minimum atomic E-state index is -0.624. The number of nitrogens with one attached hydrogen (secondary N) is 1. The number of rotatable bonds is 5. The highest BCUT2D eigenvalue weighted by Crippen LogP contribution is 2.63. The number of likely N-dealkylation sites (tertiary alicyclic amines) is 1. The molecule has 4 aromatic rings. The maximum absolute atomic E-state index is 15.0. The van der Waals surface area contributed by atoms with Crippen LogP contribution in [-0.4, -0.2) is 66.9 Å². The number of morpholine rings is 1. The van der Waals surface area contributed by atoms with E-state index in [1.165, 1.54) is 11.2 Å². The van der Waals surface area contributed by atoms with Gasteiger partial charge in [-0.3, -0.25) is 19.2 Å². The van der Waals surface area contributed by atoms with Crippen molar-refractivity contribution in [1.82, 2.24) is 34.6 Å². The van der Waals surface area contributed by atoms with Gasteiger partial charge in [0.25, 0.3) is 0 Å². The standard InChI is InChI=1S/C26H25ClFN7O3.ClH/c1-26(2)19-20(26)25(37)33(24(19)36)9-13-5-18-21(30-12-31-34(18)10-13)16-6-14(27)7-17-22(16)35(32-23(17)28)11-15-8-29-3-4-38-15;/h5-7,10,12,15,19-20,29H,3-4,8-9,11H2,1-2H3;1H. The second-order valence-electron chi connectivity index (χ2n) is 10.8. The summed E-state index contributed by atoms with van der Waals surface area (Å²) in [5, 5.41) is 12.4. The Hall–Kier alpha value is -3.12. The van der Waals surface area contributed by atoms with Crippen LogP contribution in [0, 0.1) is 23.2 Å². The van der Waals surface area contributed by atoms with Gasteiger partial charge >= 0.3 is 0 Å². The van der Waals surface area contributed by atoms with Crippen LogP contribution in [0.15, 0.2) is 30.7 Å². The average Bonchev–Trinajstić information content (AvgIpc) is 3.17. The van der Waals surface area contributed by atoms with Crippen molar-refractivity contribution in [3.63, 3.8) is 0 Å². The monoisotopic (exact) mass is 573 g/mol. The van der Waals surface area contributed by atoms with Crippen LogP contribution in [0.25, 0.3) is 27.7 Å². The van der Waals surface area contributed by atoms with E-state index in [1.54, 1.807) is 27.5 Å². The first-order valence-electron chi connectivity index (χ1n) is 12.6. The van der Waals surface area contributed by atoms with Crippen molar-refractivity contribution in [2.24, 2.45) is 17.3 Å². The number of aromatic nitrogens is 5. The number of nitrogens with zero attached hydrogens (tertiary/aromatic N) is 6. The topological polar surface area (TPSA) is 107 Å². The summed E-state index contributed by atoms with van der Waals surface area (Å²) in [4.78, 5) is 31.6. The zero-order valence-electron chi connectivity index (χ0n) is 21.2. The molecule has 0 bridgehead atoms. The van der Waals surface area contributed by atoms with E-state index in [0.29, 0.717) is 47.0 Å². The van der Waals surface area contributed by atoms with Crippen molar-refractivity contribution in [2.45, 2.75) is 33.0 Å². The Morgan fingerprint density at radius 3 is 2.69 bits per heavy atom. The number of benzene rings is 1. The number of amides is 2. The molecule has 3 unspecified atom stereocenters. The lowest BCUT2D eigenvalue weighted by molar-refractivity contribution is -0.143. The molecule has 2 amide bonds. The van der Waals surface area contributed by atoms with Crippen molar-refractivity contribution in [3.8, 4) is 11.3 Å². The molecule has 204 valence electrons. The Morgan fingerprint density at radius 1 is 1.21 bits per heavy atom. The first-order valence-corrected chi connectivity index (χ1v) is 13.0. The molecule has 3 aliphatic rings. The van der Waals surface area contributed by atoms with Crippen LogP contribution >= 0.6 is 24.0 Å². The average molecular weight is 574 g/mol. The fraction of sp³-hybridized carbons (Fsp3) is 0.423. The van der Waals surface area contributed by atoms with Gasteiger partial charge in [-0.1, -0.05) is 25.4 Å². The van der Waals surface area contributed by atoms with Gasteiger partial charge in [0.15, 0.2) is 0 Å². The Morgan fingerprint density at radius 2 is 1.97 bits per heavy atom. The third-order valence-electron chi connectivity index (χ3n) is 8.09. The second-order valence-corrected chi connectivity index (χ2v) is 11.3. The molecule has 0 radical (unpaired) electrons. The van der Waals surface area contributed by atoms with Crippen LogP contribution in [-0.2, 0) is 27.4 Å². The highest BCUT2D eigenvalue weighted by atomic mass is 35.5. The lowest BCUT2D eigenvalue weighted by Gasteiger charge is -2.24. The van der Waals surface area contributed by atoms with Crippen LogP contribution in [0.3, 0.4) is 0 Å². The van der Waals surface area contributed by atoms with E-state index in [1.807, 2.05) is 19.9 Å². The summed E-state index contributed by atoms with van der Waals surface area (Å²) in [6.07, 6.45) is 3.03. The molecule has 1 aliphatic carbocycles. The van der Waals surface area contributed by atoms with E-state index in [9.17, 15) is 14.0 Å². The van der Waals surface area contributed by atoms with Gasteiger partial charge < -0.3 is 10.1 Å². The molecule has 1 aromatic carbocycles. The predicted octanol–water partition coefficient (Wildman–Crippen LogP) is 3.09. The molecule has 39 heavy (non-hydrogen) atoms. The predicted molar refractivity (Wildman–Crippen MR) is 143 cm³/mol. The molecule has 13 heteroatoms. The Bertz CT molecular complexity index is 1620. The summed E-state index contributed by atoms with van der Waals surface area (Å²) in [7, 11) is 0. The van der Waals surface area contributed by atoms with Crippen LogP contribution in [0.2, 0.25) is 5.02 Å². The van der Waals surface area contributed by atoms with Gasteiger partial charge in [-0.25, -0.2) is 9.50 Å². The SMILES string of the molecule is CC1(C)C2C(=O)N(Cc3cc4c(-c5cc(Cl)cc6c(F)nn(CC7CNCCO7)c56)ncnn4c3)C(=O)C21.Cl. The van der Waals surface area contributed by atoms with Gasteiger partial charge in [0.05, 0.1) is 54.1 Å². The maximum Gasteiger partial charge on any atom is 0.240 e. The van der Waals surface area contributed by atoms with Crippen LogP contribution in [0.4, 0.5) is 4.39 Å². The third kappa shape index (κ3) is 4.02. The number of imide groups is 1. The number of carbonyl (C=O) groups excluding carboxylic acids is 2. The van der Waals surface area contributed by atoms with Gasteiger partial charge in [0.1, 0.15) is 12.0 Å². The van der Waals surface area contributed by atoms with E-state index in [-0.39, 0.29) is 59.5 Å². The summed E-state index contributed by atoms with van der Waals surface area (Å²) >= 11 is 6.42. The summed E-state index contributed by atoms with van der Waals surface area (Å²) < 4.78 is 24.1. The second kappa shape index (κ2) is 9.22. The molecule has 10 nitrogen and oxygen atoms in total. The maximum atomic E-state index is 15.0. The fourth-order valence-corrected chi connectivity index (χ4v) is 6.32. The molecule has 0 spiro atoms. The van der Waals surface area contributed by atoms with E-state index in [2.05, 4.69) is 20.5 Å². The van der Waals surface area contributed by atoms with Crippen LogP contribution in [0.1, 0.15) is 19.4 Å². The Kier molecular flexibility index (Phi) is 6.18. The van der Waals surface area contributed by atoms with Gasteiger partial charge in [-0.05, 0) is 29.2 Å². The summed E-state index contributed by atoms with van der Waals surface area (Å²) in [6.45, 7) is 6.42. The number of hydrogen-bond donors (Lipinski definition) is 1. The smallest absolute Gasteiger partial charge is 0.240 e. The van der Waals surface area contributed by atoms with Crippen molar-refractivity contribution in [3.05, 3.63) is 47.3 Å². The lowest BCUT2D eigenvalue weighted by atomic mass is 10.1. The normalized spacial score (nSPS) is 23.9. The van der Waals surface area contributed by atoms with Gasteiger partial charge in [0, 0.05) is 29.9 Å².